The minimum atomic E-state index is 0.763. The molecule has 2 unspecified atom stereocenters. The Morgan fingerprint density at radius 2 is 2.11 bits per heavy atom. The maximum atomic E-state index is 4.29. The number of nitrogens with one attached hydrogen (secondary N) is 1. The molecule has 106 valence electrons. The number of fused-ring (bicyclic) bond motifs is 2. The number of piperidine rings is 1. The predicted molar refractivity (Wildman–Crippen MR) is 76.9 cm³/mol. The number of rotatable bonds is 5. The molecule has 2 atom stereocenters. The molecule has 2 aliphatic rings. The van der Waals surface area contributed by atoms with E-state index in [4.69, 9.17) is 0 Å². The number of hydrogen-bond donors (Lipinski definition) is 1. The van der Waals surface area contributed by atoms with Crippen LogP contribution in [-0.2, 0) is 13.6 Å². The predicted octanol–water partition coefficient (Wildman–Crippen LogP) is 1.92. The van der Waals surface area contributed by atoms with Gasteiger partial charge in [-0.05, 0) is 38.6 Å². The Hall–Kier alpha value is -0.870. The van der Waals surface area contributed by atoms with Gasteiger partial charge >= 0.3 is 0 Å². The Balaban J connectivity index is 1.66. The molecule has 2 saturated heterocycles. The lowest BCUT2D eigenvalue weighted by atomic mass is 9.97. The first kappa shape index (κ1) is 13.1. The third kappa shape index (κ3) is 3.00. The molecule has 2 bridgehead atoms. The van der Waals surface area contributed by atoms with Crippen molar-refractivity contribution in [3.05, 3.63) is 18.0 Å². The SMILES string of the molecule is CCCN(Cc1cnn(C)c1)C1CC2CCC(C1)N2. The molecule has 4 nitrogen and oxygen atoms in total. The Kier molecular flexibility index (Phi) is 3.89. The lowest BCUT2D eigenvalue weighted by Gasteiger charge is -2.37. The van der Waals surface area contributed by atoms with Gasteiger partial charge in [-0.3, -0.25) is 9.58 Å². The summed E-state index contributed by atoms with van der Waals surface area (Å²) in [6.07, 6.45) is 10.8. The van der Waals surface area contributed by atoms with E-state index in [-0.39, 0.29) is 0 Å². The number of aromatic nitrogens is 2. The van der Waals surface area contributed by atoms with Crippen molar-refractivity contribution in [2.45, 2.75) is 63.7 Å². The smallest absolute Gasteiger partial charge is 0.0534 e. The third-order valence-electron chi connectivity index (χ3n) is 4.62. The Bertz CT molecular complexity index is 402. The molecule has 0 radical (unpaired) electrons. The van der Waals surface area contributed by atoms with Crippen LogP contribution >= 0.6 is 0 Å². The van der Waals surface area contributed by atoms with Gasteiger partial charge in [-0.1, -0.05) is 6.92 Å². The number of hydrogen-bond acceptors (Lipinski definition) is 3. The average Bonchev–Trinajstić information content (AvgIpc) is 2.95. The van der Waals surface area contributed by atoms with Crippen molar-refractivity contribution in [1.82, 2.24) is 20.0 Å². The summed E-state index contributed by atoms with van der Waals surface area (Å²) in [7, 11) is 2.00. The fourth-order valence-corrected chi connectivity index (χ4v) is 3.79. The van der Waals surface area contributed by atoms with Crippen LogP contribution in [0.15, 0.2) is 12.4 Å². The standard InChI is InChI=1S/C15H26N4/c1-3-6-19(11-12-9-16-18(2)10-12)15-7-13-4-5-14(8-15)17-13/h9-10,13-15,17H,3-8,11H2,1-2H3. The molecule has 2 aliphatic heterocycles. The van der Waals surface area contributed by atoms with Crippen molar-refractivity contribution in [2.24, 2.45) is 7.05 Å². The van der Waals surface area contributed by atoms with Gasteiger partial charge in [-0.25, -0.2) is 0 Å². The highest BCUT2D eigenvalue weighted by Gasteiger charge is 2.35. The summed E-state index contributed by atoms with van der Waals surface area (Å²) in [6.45, 7) is 4.55. The molecule has 4 heteroatoms. The van der Waals surface area contributed by atoms with Crippen LogP contribution in [0.5, 0.6) is 0 Å². The number of nitrogens with zero attached hydrogens (tertiary/aromatic N) is 3. The van der Waals surface area contributed by atoms with E-state index in [0.717, 1.165) is 24.7 Å². The summed E-state index contributed by atoms with van der Waals surface area (Å²) in [5.74, 6) is 0. The molecule has 1 N–H and O–H groups in total. The summed E-state index contributed by atoms with van der Waals surface area (Å²) < 4.78 is 1.91. The van der Waals surface area contributed by atoms with Gasteiger partial charge in [0.2, 0.25) is 0 Å². The van der Waals surface area contributed by atoms with Gasteiger partial charge in [-0.2, -0.15) is 5.10 Å². The highest BCUT2D eigenvalue weighted by Crippen LogP contribution is 2.30. The van der Waals surface area contributed by atoms with Crippen LogP contribution in [0.1, 0.15) is 44.6 Å². The minimum Gasteiger partial charge on any atom is -0.311 e. The van der Waals surface area contributed by atoms with Crippen LogP contribution in [0.3, 0.4) is 0 Å². The van der Waals surface area contributed by atoms with Crippen molar-refractivity contribution < 1.29 is 0 Å². The third-order valence-corrected chi connectivity index (χ3v) is 4.62. The van der Waals surface area contributed by atoms with Crippen molar-refractivity contribution in [1.29, 1.82) is 0 Å². The van der Waals surface area contributed by atoms with Crippen molar-refractivity contribution in [3.63, 3.8) is 0 Å². The Labute approximate surface area is 116 Å². The van der Waals surface area contributed by atoms with Crippen LogP contribution < -0.4 is 5.32 Å². The molecule has 3 rings (SSSR count). The molecule has 0 spiro atoms. The molecule has 2 fully saturated rings. The fourth-order valence-electron chi connectivity index (χ4n) is 3.79. The Morgan fingerprint density at radius 3 is 2.68 bits per heavy atom. The van der Waals surface area contributed by atoms with E-state index in [1.807, 2.05) is 17.9 Å². The summed E-state index contributed by atoms with van der Waals surface area (Å²) >= 11 is 0. The quantitative estimate of drug-likeness (QED) is 0.880. The van der Waals surface area contributed by atoms with E-state index < -0.39 is 0 Å². The normalized spacial score (nSPS) is 30.2. The largest absolute Gasteiger partial charge is 0.311 e. The van der Waals surface area contributed by atoms with E-state index in [1.54, 1.807) is 0 Å². The lowest BCUT2D eigenvalue weighted by molar-refractivity contribution is 0.134. The van der Waals surface area contributed by atoms with Gasteiger partial charge in [0.15, 0.2) is 0 Å². The van der Waals surface area contributed by atoms with Crippen molar-refractivity contribution >= 4 is 0 Å². The first-order valence-electron chi connectivity index (χ1n) is 7.72. The van der Waals surface area contributed by atoms with E-state index in [2.05, 4.69) is 28.4 Å². The highest BCUT2D eigenvalue weighted by molar-refractivity contribution is 5.05. The van der Waals surface area contributed by atoms with Crippen LogP contribution in [0.2, 0.25) is 0 Å². The zero-order valence-electron chi connectivity index (χ0n) is 12.2. The molecular weight excluding hydrogens is 236 g/mol. The first-order chi connectivity index (χ1) is 9.24. The molecule has 1 aromatic rings. The molecule has 19 heavy (non-hydrogen) atoms. The zero-order valence-corrected chi connectivity index (χ0v) is 12.2. The van der Waals surface area contributed by atoms with Crippen LogP contribution in [0.4, 0.5) is 0 Å². The first-order valence-corrected chi connectivity index (χ1v) is 7.72. The summed E-state index contributed by atoms with van der Waals surface area (Å²) in [5.41, 5.74) is 1.35. The van der Waals surface area contributed by atoms with E-state index >= 15 is 0 Å². The maximum Gasteiger partial charge on any atom is 0.0534 e. The van der Waals surface area contributed by atoms with Gasteiger partial charge in [-0.15, -0.1) is 0 Å². The van der Waals surface area contributed by atoms with Crippen molar-refractivity contribution in [3.8, 4) is 0 Å². The number of aryl methyl sites for hydroxylation is 1. The summed E-state index contributed by atoms with van der Waals surface area (Å²) in [6, 6.07) is 2.31. The average molecular weight is 262 g/mol. The van der Waals surface area contributed by atoms with Gasteiger partial charge in [0.1, 0.15) is 0 Å². The topological polar surface area (TPSA) is 33.1 Å². The maximum absolute atomic E-state index is 4.29. The second-order valence-corrected chi connectivity index (χ2v) is 6.26. The lowest BCUT2D eigenvalue weighted by Crippen LogP contribution is -2.48. The van der Waals surface area contributed by atoms with Gasteiger partial charge in [0.25, 0.3) is 0 Å². The Morgan fingerprint density at radius 1 is 1.37 bits per heavy atom. The molecule has 0 aliphatic carbocycles. The molecular formula is C15H26N4. The summed E-state index contributed by atoms with van der Waals surface area (Å²) in [4.78, 5) is 2.68. The van der Waals surface area contributed by atoms with Gasteiger partial charge in [0.05, 0.1) is 6.20 Å². The van der Waals surface area contributed by atoms with Gasteiger partial charge < -0.3 is 5.32 Å². The highest BCUT2D eigenvalue weighted by atomic mass is 15.2. The van der Waals surface area contributed by atoms with Crippen molar-refractivity contribution in [2.75, 3.05) is 6.54 Å². The van der Waals surface area contributed by atoms with E-state index in [1.165, 1.54) is 44.2 Å². The van der Waals surface area contributed by atoms with Crippen LogP contribution in [0, 0.1) is 0 Å². The molecule has 0 amide bonds. The monoisotopic (exact) mass is 262 g/mol. The molecule has 0 aromatic carbocycles. The second-order valence-electron chi connectivity index (χ2n) is 6.26. The molecule has 0 saturated carbocycles. The molecule has 3 heterocycles. The summed E-state index contributed by atoms with van der Waals surface area (Å²) in [5, 5.41) is 8.04. The fraction of sp³-hybridized carbons (Fsp3) is 0.800. The second kappa shape index (κ2) is 5.63. The van der Waals surface area contributed by atoms with Crippen LogP contribution in [0.25, 0.3) is 0 Å². The van der Waals surface area contributed by atoms with Crippen LogP contribution in [-0.4, -0.2) is 39.4 Å². The minimum absolute atomic E-state index is 0.763. The zero-order chi connectivity index (χ0) is 13.2. The molecule has 1 aromatic heterocycles. The van der Waals surface area contributed by atoms with E-state index in [0.29, 0.717) is 0 Å². The van der Waals surface area contributed by atoms with E-state index in [9.17, 15) is 0 Å². The van der Waals surface area contributed by atoms with Gasteiger partial charge in [0, 0.05) is 43.5 Å².